The van der Waals surface area contributed by atoms with Crippen LogP contribution in [-0.2, 0) is 4.79 Å². The van der Waals surface area contributed by atoms with E-state index < -0.39 is 18.4 Å². The number of rotatable bonds is 3. The summed E-state index contributed by atoms with van der Waals surface area (Å²) in [5.74, 6) is -1.23. The van der Waals surface area contributed by atoms with Crippen molar-refractivity contribution in [3.8, 4) is 0 Å². The van der Waals surface area contributed by atoms with Crippen molar-refractivity contribution >= 4 is 5.97 Å². The van der Waals surface area contributed by atoms with E-state index >= 15 is 0 Å². The van der Waals surface area contributed by atoms with Gasteiger partial charge in [0, 0.05) is 5.56 Å². The fourth-order valence-electron chi connectivity index (χ4n) is 1.26. The third kappa shape index (κ3) is 2.50. The lowest BCUT2D eigenvalue weighted by Crippen LogP contribution is -2.21. The van der Waals surface area contributed by atoms with Gasteiger partial charge in [0.15, 0.2) is 0 Å². The first-order valence-corrected chi connectivity index (χ1v) is 4.30. The molecule has 5 heteroatoms. The number of carboxylic acid groups (broad SMARTS) is 1. The van der Waals surface area contributed by atoms with Crippen molar-refractivity contribution < 1.29 is 18.7 Å². The predicted molar refractivity (Wildman–Crippen MR) is 50.7 cm³/mol. The average molecular weight is 215 g/mol. The molecule has 3 N–H and O–H groups in total. The van der Waals surface area contributed by atoms with Crippen LogP contribution in [0, 0.1) is 6.92 Å². The first kappa shape index (κ1) is 11.6. The summed E-state index contributed by atoms with van der Waals surface area (Å²) >= 11 is 0. The van der Waals surface area contributed by atoms with E-state index in [4.69, 9.17) is 10.8 Å². The maximum absolute atomic E-state index is 12.4. The van der Waals surface area contributed by atoms with Crippen LogP contribution in [0.1, 0.15) is 29.2 Å². The number of aliphatic carboxylic acids is 1. The molecule has 3 nitrogen and oxygen atoms in total. The van der Waals surface area contributed by atoms with E-state index in [0.717, 1.165) is 6.07 Å². The molecule has 0 saturated carbocycles. The second-order valence-electron chi connectivity index (χ2n) is 3.23. The maximum Gasteiger partial charge on any atom is 0.325 e. The molecular weight excluding hydrogens is 204 g/mol. The van der Waals surface area contributed by atoms with E-state index in [2.05, 4.69) is 0 Å². The van der Waals surface area contributed by atoms with Crippen LogP contribution in [0.5, 0.6) is 0 Å². The summed E-state index contributed by atoms with van der Waals surface area (Å²) in [7, 11) is 0. The van der Waals surface area contributed by atoms with Crippen LogP contribution in [0.25, 0.3) is 0 Å². The summed E-state index contributed by atoms with van der Waals surface area (Å²) < 4.78 is 24.7. The van der Waals surface area contributed by atoms with Gasteiger partial charge in [-0.05, 0) is 24.1 Å². The summed E-state index contributed by atoms with van der Waals surface area (Å²) in [4.78, 5) is 10.6. The lowest BCUT2D eigenvalue weighted by Gasteiger charge is -2.12. The van der Waals surface area contributed by atoms with Gasteiger partial charge >= 0.3 is 5.97 Å². The van der Waals surface area contributed by atoms with Crippen LogP contribution in [0.3, 0.4) is 0 Å². The fourth-order valence-corrected chi connectivity index (χ4v) is 1.26. The van der Waals surface area contributed by atoms with Crippen LogP contribution in [-0.4, -0.2) is 11.1 Å². The van der Waals surface area contributed by atoms with E-state index in [1.807, 2.05) is 0 Å². The van der Waals surface area contributed by atoms with E-state index in [9.17, 15) is 13.6 Å². The van der Waals surface area contributed by atoms with Gasteiger partial charge in [0.1, 0.15) is 6.04 Å². The molecule has 0 aliphatic rings. The van der Waals surface area contributed by atoms with Crippen molar-refractivity contribution in [3.05, 3.63) is 34.9 Å². The van der Waals surface area contributed by atoms with E-state index in [1.54, 1.807) is 6.92 Å². The van der Waals surface area contributed by atoms with Crippen LogP contribution in [0.4, 0.5) is 8.78 Å². The van der Waals surface area contributed by atoms with Gasteiger partial charge in [0.25, 0.3) is 6.43 Å². The number of carboxylic acids is 1. The van der Waals surface area contributed by atoms with Crippen molar-refractivity contribution in [2.24, 2.45) is 5.73 Å². The van der Waals surface area contributed by atoms with Gasteiger partial charge < -0.3 is 10.8 Å². The van der Waals surface area contributed by atoms with E-state index in [0.29, 0.717) is 5.56 Å². The molecule has 0 aliphatic carbocycles. The Morgan fingerprint density at radius 3 is 2.53 bits per heavy atom. The molecule has 1 aromatic rings. The number of nitrogens with two attached hydrogens (primary N) is 1. The molecule has 0 aromatic heterocycles. The fraction of sp³-hybridized carbons (Fsp3) is 0.300. The molecular formula is C10H11F2NO2. The Morgan fingerprint density at radius 2 is 2.07 bits per heavy atom. The zero-order chi connectivity index (χ0) is 11.6. The second-order valence-corrected chi connectivity index (χ2v) is 3.23. The van der Waals surface area contributed by atoms with Crippen molar-refractivity contribution in [2.75, 3.05) is 0 Å². The van der Waals surface area contributed by atoms with E-state index in [1.165, 1.54) is 12.1 Å². The highest BCUT2D eigenvalue weighted by atomic mass is 19.3. The minimum atomic E-state index is -2.62. The SMILES string of the molecule is Cc1ccc(C(F)F)cc1C(N)C(=O)O. The highest BCUT2D eigenvalue weighted by Crippen LogP contribution is 2.24. The predicted octanol–water partition coefficient (Wildman–Crippen LogP) is 2.02. The molecule has 15 heavy (non-hydrogen) atoms. The summed E-state index contributed by atoms with van der Waals surface area (Å²) in [5.41, 5.74) is 5.96. The van der Waals surface area contributed by atoms with E-state index in [-0.39, 0.29) is 11.1 Å². The Bertz CT molecular complexity index is 380. The van der Waals surface area contributed by atoms with Gasteiger partial charge in [-0.2, -0.15) is 0 Å². The Hall–Kier alpha value is -1.49. The molecule has 0 heterocycles. The number of halogens is 2. The van der Waals surface area contributed by atoms with Crippen LogP contribution >= 0.6 is 0 Å². The van der Waals surface area contributed by atoms with Crippen molar-refractivity contribution in [2.45, 2.75) is 19.4 Å². The molecule has 1 rings (SSSR count). The largest absolute Gasteiger partial charge is 0.480 e. The molecule has 1 aromatic carbocycles. The number of hydrogen-bond donors (Lipinski definition) is 2. The first-order valence-electron chi connectivity index (χ1n) is 4.30. The normalized spacial score (nSPS) is 12.9. The second kappa shape index (κ2) is 4.35. The lowest BCUT2D eigenvalue weighted by atomic mass is 9.99. The number of carbonyl (C=O) groups is 1. The molecule has 0 fully saturated rings. The highest BCUT2D eigenvalue weighted by Gasteiger charge is 2.18. The number of benzene rings is 1. The van der Waals surface area contributed by atoms with Gasteiger partial charge in [0.2, 0.25) is 0 Å². The van der Waals surface area contributed by atoms with Gasteiger partial charge in [-0.3, -0.25) is 4.79 Å². The summed E-state index contributed by atoms with van der Waals surface area (Å²) in [6, 6.07) is 2.58. The molecule has 0 amide bonds. The topological polar surface area (TPSA) is 63.3 Å². The zero-order valence-electron chi connectivity index (χ0n) is 8.08. The quantitative estimate of drug-likeness (QED) is 0.810. The average Bonchev–Trinajstić information content (AvgIpc) is 2.16. The van der Waals surface area contributed by atoms with Crippen molar-refractivity contribution in [3.63, 3.8) is 0 Å². The van der Waals surface area contributed by atoms with Gasteiger partial charge in [-0.1, -0.05) is 12.1 Å². The summed E-state index contributed by atoms with van der Waals surface area (Å²) in [6.45, 7) is 1.63. The number of alkyl halides is 2. The molecule has 1 atom stereocenters. The minimum absolute atomic E-state index is 0.215. The molecule has 0 radical (unpaired) electrons. The maximum atomic E-state index is 12.4. The molecule has 0 spiro atoms. The zero-order valence-corrected chi connectivity index (χ0v) is 8.08. The highest BCUT2D eigenvalue weighted by molar-refractivity contribution is 5.75. The Morgan fingerprint density at radius 1 is 1.47 bits per heavy atom. The number of aryl methyl sites for hydroxylation is 1. The van der Waals surface area contributed by atoms with Crippen LogP contribution in [0.15, 0.2) is 18.2 Å². The Balaban J connectivity index is 3.16. The Labute approximate surface area is 85.5 Å². The van der Waals surface area contributed by atoms with Crippen molar-refractivity contribution in [1.82, 2.24) is 0 Å². The number of hydrogen-bond acceptors (Lipinski definition) is 2. The third-order valence-corrected chi connectivity index (χ3v) is 2.16. The monoisotopic (exact) mass is 215 g/mol. The Kier molecular flexibility index (Phi) is 3.36. The van der Waals surface area contributed by atoms with Gasteiger partial charge in [-0.15, -0.1) is 0 Å². The lowest BCUT2D eigenvalue weighted by molar-refractivity contribution is -0.138. The van der Waals surface area contributed by atoms with Crippen LogP contribution < -0.4 is 5.73 Å². The molecule has 0 saturated heterocycles. The molecule has 0 bridgehead atoms. The van der Waals surface area contributed by atoms with Gasteiger partial charge in [-0.25, -0.2) is 8.78 Å². The minimum Gasteiger partial charge on any atom is -0.480 e. The molecule has 82 valence electrons. The van der Waals surface area contributed by atoms with Gasteiger partial charge in [0.05, 0.1) is 0 Å². The van der Waals surface area contributed by atoms with Crippen LogP contribution in [0.2, 0.25) is 0 Å². The standard InChI is InChI=1S/C10H11F2NO2/c1-5-2-3-6(9(11)12)4-7(5)8(13)10(14)15/h2-4,8-9H,13H2,1H3,(H,14,15). The van der Waals surface area contributed by atoms with Crippen molar-refractivity contribution in [1.29, 1.82) is 0 Å². The summed E-state index contributed by atoms with van der Waals surface area (Å²) in [5, 5.41) is 8.68. The summed E-state index contributed by atoms with van der Waals surface area (Å²) in [6.07, 6.45) is -2.62. The smallest absolute Gasteiger partial charge is 0.325 e. The first-order chi connectivity index (χ1) is 6.93. The molecule has 0 aliphatic heterocycles. The third-order valence-electron chi connectivity index (χ3n) is 2.16. The molecule has 1 unspecified atom stereocenters.